The molecular formula is C42H54ClFIN5O6S4. The average molecular weight is 1030 g/mol. The molecule has 3 aliphatic heterocycles. The third-order valence-corrected chi connectivity index (χ3v) is 15.6. The number of anilines is 1. The SMILES string of the molecule is CO[C@]1(C=O)/C=C/C[C@H](C)[C@@H](C)S(=O)(=O)NC(=O)c2ccc3c(c2)N(C[C@@H]2CC[C@H]21)C[C@@]1(CCCc2cc(Cl)ccc21)CO3.FS(=S)I.c1nc(CN2CCNCC2)cs1. The number of methoxy groups -OCH3 is 1. The molecule has 5 aliphatic rings. The number of aromatic nitrogens is 1. The van der Waals surface area contributed by atoms with Crippen molar-refractivity contribution in [3.8, 4) is 5.75 Å². The first-order valence-electron chi connectivity index (χ1n) is 20.3. The molecule has 0 radical (unpaired) electrons. The zero-order valence-electron chi connectivity index (χ0n) is 34.1. The second kappa shape index (κ2) is 21.1. The maximum atomic E-state index is 13.4. The van der Waals surface area contributed by atoms with Crippen molar-refractivity contribution in [2.45, 2.75) is 75.2 Å². The first-order valence-corrected chi connectivity index (χ1v) is 27.8. The number of carbonyl (C=O) groups excluding carboxylic acids is 2. The van der Waals surface area contributed by atoms with Crippen molar-refractivity contribution in [1.82, 2.24) is 19.9 Å². The molecule has 7 atom stereocenters. The van der Waals surface area contributed by atoms with E-state index in [1.807, 2.05) is 30.7 Å². The van der Waals surface area contributed by atoms with Gasteiger partial charge in [0.25, 0.3) is 5.91 Å². The molecule has 1 saturated heterocycles. The number of thiazole rings is 1. The molecule has 8 rings (SSSR count). The number of benzene rings is 2. The molecule has 2 bridgehead atoms. The number of rotatable bonds is 4. The summed E-state index contributed by atoms with van der Waals surface area (Å²) in [6.45, 7) is 10.7. The van der Waals surface area contributed by atoms with Crippen LogP contribution in [0.4, 0.5) is 9.57 Å². The van der Waals surface area contributed by atoms with Crippen LogP contribution in [0.15, 0.2) is 59.4 Å². The van der Waals surface area contributed by atoms with Gasteiger partial charge in [0.1, 0.15) is 18.4 Å². The van der Waals surface area contributed by atoms with Crippen LogP contribution in [-0.4, -0.2) is 94.3 Å². The smallest absolute Gasteiger partial charge is 0.264 e. The molecule has 11 nitrogen and oxygen atoms in total. The van der Waals surface area contributed by atoms with Gasteiger partial charge in [0.05, 0.1) is 28.7 Å². The van der Waals surface area contributed by atoms with Gasteiger partial charge in [0, 0.05) is 101 Å². The van der Waals surface area contributed by atoms with Gasteiger partial charge in [-0.05, 0) is 116 Å². The predicted molar refractivity (Wildman–Crippen MR) is 251 cm³/mol. The maximum Gasteiger partial charge on any atom is 0.264 e. The molecule has 4 heterocycles. The maximum absolute atomic E-state index is 13.4. The molecule has 3 aromatic rings. The highest BCUT2D eigenvalue weighted by Gasteiger charge is 2.49. The van der Waals surface area contributed by atoms with Gasteiger partial charge in [-0.15, -0.1) is 11.3 Å². The number of nitrogens with one attached hydrogen (secondary N) is 2. The fourth-order valence-corrected chi connectivity index (χ4v) is 11.1. The first kappa shape index (κ1) is 47.4. The number of hydrogen-bond acceptors (Lipinski definition) is 12. The summed E-state index contributed by atoms with van der Waals surface area (Å²) >= 11 is 13.6. The Morgan fingerprint density at radius 3 is 2.63 bits per heavy atom. The number of aryl methyl sites for hydroxylation is 1. The van der Waals surface area contributed by atoms with Crippen molar-refractivity contribution >= 4 is 90.2 Å². The monoisotopic (exact) mass is 1030 g/mol. The molecule has 18 heteroatoms. The molecule has 1 spiro atoms. The highest BCUT2D eigenvalue weighted by Crippen LogP contribution is 2.48. The number of halogens is 3. The van der Waals surface area contributed by atoms with E-state index in [2.05, 4.69) is 53.5 Å². The molecular weight excluding hydrogens is 980 g/mol. The summed E-state index contributed by atoms with van der Waals surface area (Å²) in [5.41, 5.74) is 5.16. The first-order chi connectivity index (χ1) is 28.7. The van der Waals surface area contributed by atoms with Crippen LogP contribution in [0.2, 0.25) is 5.02 Å². The van der Waals surface area contributed by atoms with E-state index in [1.54, 1.807) is 43.6 Å². The van der Waals surface area contributed by atoms with Crippen molar-refractivity contribution in [1.29, 1.82) is 0 Å². The molecule has 2 fully saturated rings. The van der Waals surface area contributed by atoms with Gasteiger partial charge < -0.3 is 19.7 Å². The van der Waals surface area contributed by atoms with Crippen molar-refractivity contribution in [3.63, 3.8) is 0 Å². The quantitative estimate of drug-likeness (QED) is 0.118. The summed E-state index contributed by atoms with van der Waals surface area (Å²) in [5, 5.41) is 5.34. The fourth-order valence-electron chi connectivity index (χ4n) is 9.10. The lowest BCUT2D eigenvalue weighted by Gasteiger charge is -2.48. The van der Waals surface area contributed by atoms with Gasteiger partial charge in [0.2, 0.25) is 10.0 Å². The van der Waals surface area contributed by atoms with Crippen molar-refractivity contribution in [3.05, 3.63) is 86.8 Å². The van der Waals surface area contributed by atoms with E-state index in [4.69, 9.17) is 21.1 Å². The van der Waals surface area contributed by atoms with E-state index < -0.39 is 33.8 Å². The Morgan fingerprint density at radius 2 is 1.97 bits per heavy atom. The molecule has 2 aromatic carbocycles. The number of ether oxygens (including phenoxy) is 2. The Kier molecular flexibility index (Phi) is 16.6. The van der Waals surface area contributed by atoms with Crippen molar-refractivity contribution < 1.29 is 31.4 Å². The number of piperazine rings is 1. The summed E-state index contributed by atoms with van der Waals surface area (Å²) < 4.78 is 52.2. The lowest BCUT2D eigenvalue weighted by Crippen LogP contribution is -2.53. The van der Waals surface area contributed by atoms with Gasteiger partial charge in [-0.3, -0.25) is 14.5 Å². The van der Waals surface area contributed by atoms with Gasteiger partial charge in [0.15, 0.2) is 6.29 Å². The van der Waals surface area contributed by atoms with Crippen LogP contribution in [0.1, 0.15) is 73.1 Å². The average Bonchev–Trinajstić information content (AvgIpc) is 3.68. The number of carbonyl (C=O) groups is 2. The summed E-state index contributed by atoms with van der Waals surface area (Å²) in [4.78, 5) is 35.1. The van der Waals surface area contributed by atoms with Gasteiger partial charge in [-0.25, -0.2) is 18.1 Å². The number of hydrogen-bond donors (Lipinski definition) is 2. The lowest BCUT2D eigenvalue weighted by molar-refractivity contribution is -0.135. The van der Waals surface area contributed by atoms with E-state index in [1.165, 1.54) is 38.0 Å². The molecule has 1 unspecified atom stereocenters. The van der Waals surface area contributed by atoms with Crippen LogP contribution in [0.3, 0.4) is 0 Å². The molecule has 1 saturated carbocycles. The highest BCUT2D eigenvalue weighted by atomic mass is 127. The molecule has 1 aromatic heterocycles. The van der Waals surface area contributed by atoms with Gasteiger partial charge >= 0.3 is 0 Å². The Morgan fingerprint density at radius 1 is 1.20 bits per heavy atom. The minimum absolute atomic E-state index is 0.0434. The zero-order chi connectivity index (χ0) is 43.1. The molecule has 2 aliphatic carbocycles. The lowest BCUT2D eigenvalue weighted by atomic mass is 9.64. The molecule has 328 valence electrons. The number of aldehydes is 1. The van der Waals surface area contributed by atoms with Crippen LogP contribution in [0.5, 0.6) is 5.75 Å². The summed E-state index contributed by atoms with van der Waals surface area (Å²) in [6, 6.07) is 11.3. The summed E-state index contributed by atoms with van der Waals surface area (Å²) in [7, 11) is -3.71. The highest BCUT2D eigenvalue weighted by molar-refractivity contribution is 14.2. The molecule has 2 N–H and O–H groups in total. The van der Waals surface area contributed by atoms with E-state index in [0.717, 1.165) is 76.8 Å². The van der Waals surface area contributed by atoms with E-state index in [-0.39, 0.29) is 28.7 Å². The van der Waals surface area contributed by atoms with E-state index >= 15 is 0 Å². The normalized spacial score (nSPS) is 29.8. The Balaban J connectivity index is 0.000000314. The Bertz CT molecular complexity index is 2130. The summed E-state index contributed by atoms with van der Waals surface area (Å²) in [6.07, 6.45) is 9.65. The van der Waals surface area contributed by atoms with Crippen molar-refractivity contribution in [2.75, 3.05) is 57.9 Å². The standard InChI is InChI=1S/C34H41ClN2O6S.C8H13N3S.FIS2/c1-22-6-4-15-34(20-38,42-3)29-11-8-26(29)18-37-19-33(14-5-7-24-16-27(35)10-12-28(24)33)21-43-31-13-9-25(17-30(31)37)32(39)36-44(40,41)23(22)2;1-3-11(4-2-9-1)5-8-6-12-7-10-8;1-4(2)3/h4,9-10,12-13,15-17,20,22-23,26,29H,5-8,11,14,18-19,21H2,1-3H3,(H,36,39);6-7,9H,1-5H2;/b15-4+;;/t22-,23+,26-,29+,33-,34-;;/m0../s1. The second-order valence-electron chi connectivity index (χ2n) is 16.4. The number of allylic oxidation sites excluding steroid dienone is 1. The van der Waals surface area contributed by atoms with Crippen molar-refractivity contribution in [2.24, 2.45) is 17.8 Å². The van der Waals surface area contributed by atoms with Crippen LogP contribution < -0.4 is 19.7 Å². The van der Waals surface area contributed by atoms with Crippen LogP contribution in [0.25, 0.3) is 0 Å². The fraction of sp³-hybridized carbons (Fsp3) is 0.548. The van der Waals surface area contributed by atoms with Gasteiger partial charge in [-0.2, -0.15) is 3.89 Å². The molecule has 60 heavy (non-hydrogen) atoms. The Hall–Kier alpha value is -2.10. The number of sulfonamides is 1. The van der Waals surface area contributed by atoms with Crippen LogP contribution >= 0.6 is 44.1 Å². The molecule has 1 amide bonds. The number of nitrogens with zero attached hydrogens (tertiary/aromatic N) is 3. The summed E-state index contributed by atoms with van der Waals surface area (Å²) in [5.74, 6) is -0.203. The minimum Gasteiger partial charge on any atom is -0.490 e. The number of fused-ring (bicyclic) bond motifs is 4. The second-order valence-corrected chi connectivity index (χ2v) is 24.9. The predicted octanol–water partition coefficient (Wildman–Crippen LogP) is 7.32. The van der Waals surface area contributed by atoms with Crippen LogP contribution in [-0.2, 0) is 56.1 Å². The largest absolute Gasteiger partial charge is 0.490 e. The third kappa shape index (κ3) is 11.3. The Labute approximate surface area is 382 Å². The minimum atomic E-state index is -3.97. The topological polar surface area (TPSA) is 130 Å². The van der Waals surface area contributed by atoms with Gasteiger partial charge in [-0.1, -0.05) is 30.7 Å². The van der Waals surface area contributed by atoms with E-state index in [9.17, 15) is 21.9 Å². The number of amides is 1. The zero-order valence-corrected chi connectivity index (χ0v) is 40.3. The van der Waals surface area contributed by atoms with Crippen LogP contribution in [0, 0.1) is 17.8 Å². The third-order valence-electron chi connectivity index (χ3n) is 12.8. The van der Waals surface area contributed by atoms with E-state index in [0.29, 0.717) is 36.9 Å².